The normalized spacial score (nSPS) is 19.9. The Labute approximate surface area is 117 Å². The average Bonchev–Trinajstić information content (AvgIpc) is 2.46. The summed E-state index contributed by atoms with van der Waals surface area (Å²) in [7, 11) is 0. The van der Waals surface area contributed by atoms with Crippen molar-refractivity contribution in [2.24, 2.45) is 5.16 Å². The van der Waals surface area contributed by atoms with Crippen LogP contribution in [0.1, 0.15) is 34.7 Å². The van der Waals surface area contributed by atoms with Crippen LogP contribution >= 0.6 is 0 Å². The van der Waals surface area contributed by atoms with Gasteiger partial charge in [0.2, 0.25) is 5.95 Å². The van der Waals surface area contributed by atoms with Crippen molar-refractivity contribution in [1.82, 2.24) is 9.97 Å². The van der Waals surface area contributed by atoms with Crippen LogP contribution in [0.3, 0.4) is 0 Å². The van der Waals surface area contributed by atoms with Crippen LogP contribution in [0, 0.1) is 6.92 Å². The van der Waals surface area contributed by atoms with Crippen molar-refractivity contribution in [3.63, 3.8) is 0 Å². The number of nitrogens with two attached hydrogens (primary N) is 1. The number of oxime groups is 1. The smallest absolute Gasteiger partial charge is 0.220 e. The minimum absolute atomic E-state index is 0.253. The van der Waals surface area contributed by atoms with Crippen molar-refractivity contribution in [3.05, 3.63) is 52.8 Å². The molecule has 0 amide bonds. The summed E-state index contributed by atoms with van der Waals surface area (Å²) in [5.74, 6) is 0.508. The molecule has 1 atom stereocenters. The van der Waals surface area contributed by atoms with E-state index < -0.39 is 0 Å². The van der Waals surface area contributed by atoms with Crippen molar-refractivity contribution >= 4 is 11.7 Å². The number of anilines is 1. The molecule has 5 heteroatoms. The molecule has 0 fully saturated rings. The zero-order valence-electron chi connectivity index (χ0n) is 11.2. The zero-order chi connectivity index (χ0) is 14.1. The fourth-order valence-corrected chi connectivity index (χ4v) is 2.65. The first-order valence-corrected chi connectivity index (χ1v) is 6.56. The number of fused-ring (bicyclic) bond motifs is 1. The van der Waals surface area contributed by atoms with E-state index in [0.29, 0.717) is 12.1 Å². The largest absolute Gasteiger partial charge is 0.411 e. The molecule has 0 bridgehead atoms. The van der Waals surface area contributed by atoms with Crippen molar-refractivity contribution in [1.29, 1.82) is 0 Å². The molecule has 3 rings (SSSR count). The van der Waals surface area contributed by atoms with E-state index in [2.05, 4.69) is 46.3 Å². The molecule has 1 unspecified atom stereocenters. The summed E-state index contributed by atoms with van der Waals surface area (Å²) in [5, 5.41) is 12.6. The van der Waals surface area contributed by atoms with Gasteiger partial charge in [-0.15, -0.1) is 0 Å². The standard InChI is InChI=1S/C15H16N4O/c1-9-2-4-10(5-3-9)11-6-13-12(14(7-11)19-20)8-17-15(16)18-13/h2-5,8,11,20H,6-7H2,1H3,(H2,16,17,18)/b19-14-. The number of rotatable bonds is 1. The Hall–Kier alpha value is -2.43. The highest BCUT2D eigenvalue weighted by atomic mass is 16.4. The van der Waals surface area contributed by atoms with Gasteiger partial charge in [-0.1, -0.05) is 35.0 Å². The number of aromatic nitrogens is 2. The Bertz CT molecular complexity index is 664. The molecule has 1 aromatic heterocycles. The van der Waals surface area contributed by atoms with Gasteiger partial charge in [0.25, 0.3) is 0 Å². The molecule has 0 saturated heterocycles. The van der Waals surface area contributed by atoms with Gasteiger partial charge in [0, 0.05) is 18.2 Å². The van der Waals surface area contributed by atoms with E-state index in [0.717, 1.165) is 17.7 Å². The lowest BCUT2D eigenvalue weighted by atomic mass is 9.81. The minimum Gasteiger partial charge on any atom is -0.411 e. The van der Waals surface area contributed by atoms with Crippen molar-refractivity contribution < 1.29 is 5.21 Å². The quantitative estimate of drug-likeness (QED) is 0.614. The van der Waals surface area contributed by atoms with Crippen molar-refractivity contribution in [3.8, 4) is 0 Å². The van der Waals surface area contributed by atoms with Gasteiger partial charge in [-0.05, 0) is 24.8 Å². The van der Waals surface area contributed by atoms with Crippen LogP contribution in [0.15, 0.2) is 35.6 Å². The van der Waals surface area contributed by atoms with E-state index in [4.69, 9.17) is 5.73 Å². The lowest BCUT2D eigenvalue weighted by Gasteiger charge is -2.24. The number of hydrogen-bond donors (Lipinski definition) is 2. The van der Waals surface area contributed by atoms with Crippen molar-refractivity contribution in [2.45, 2.75) is 25.7 Å². The van der Waals surface area contributed by atoms with Crippen LogP contribution in [-0.4, -0.2) is 20.9 Å². The molecule has 0 spiro atoms. The van der Waals surface area contributed by atoms with Crippen LogP contribution < -0.4 is 5.73 Å². The average molecular weight is 268 g/mol. The van der Waals surface area contributed by atoms with Gasteiger partial charge in [0.05, 0.1) is 11.4 Å². The Morgan fingerprint density at radius 1 is 1.25 bits per heavy atom. The predicted octanol–water partition coefficient (Wildman–Crippen LogP) is 2.28. The molecule has 102 valence electrons. The summed E-state index contributed by atoms with van der Waals surface area (Å²) >= 11 is 0. The third-order valence-corrected chi connectivity index (χ3v) is 3.75. The van der Waals surface area contributed by atoms with Gasteiger partial charge >= 0.3 is 0 Å². The second kappa shape index (κ2) is 4.92. The maximum Gasteiger partial charge on any atom is 0.220 e. The molecular weight excluding hydrogens is 252 g/mol. The van der Waals surface area contributed by atoms with Gasteiger partial charge < -0.3 is 10.9 Å². The minimum atomic E-state index is 0.253. The molecule has 1 aliphatic rings. The summed E-state index contributed by atoms with van der Waals surface area (Å²) in [4.78, 5) is 8.25. The van der Waals surface area contributed by atoms with E-state index in [1.165, 1.54) is 11.1 Å². The molecule has 1 aliphatic carbocycles. The number of nitrogen functional groups attached to an aromatic ring is 1. The van der Waals surface area contributed by atoms with Gasteiger partial charge in [-0.2, -0.15) is 0 Å². The summed E-state index contributed by atoms with van der Waals surface area (Å²) in [6.45, 7) is 2.06. The van der Waals surface area contributed by atoms with E-state index in [1.807, 2.05) is 0 Å². The van der Waals surface area contributed by atoms with Gasteiger partial charge in [-0.3, -0.25) is 0 Å². The van der Waals surface area contributed by atoms with E-state index in [9.17, 15) is 5.21 Å². The monoisotopic (exact) mass is 268 g/mol. The van der Waals surface area contributed by atoms with Crippen molar-refractivity contribution in [2.75, 3.05) is 5.73 Å². The molecule has 20 heavy (non-hydrogen) atoms. The third-order valence-electron chi connectivity index (χ3n) is 3.75. The molecule has 2 aromatic rings. The summed E-state index contributed by atoms with van der Waals surface area (Å²) in [5.41, 5.74) is 10.4. The lowest BCUT2D eigenvalue weighted by Crippen LogP contribution is -2.22. The summed E-state index contributed by atoms with van der Waals surface area (Å²) in [6.07, 6.45) is 3.10. The Morgan fingerprint density at radius 2 is 2.00 bits per heavy atom. The third kappa shape index (κ3) is 2.22. The van der Waals surface area contributed by atoms with Crippen LogP contribution in [0.5, 0.6) is 0 Å². The number of benzene rings is 1. The fourth-order valence-electron chi connectivity index (χ4n) is 2.65. The summed E-state index contributed by atoms with van der Waals surface area (Å²) < 4.78 is 0. The van der Waals surface area contributed by atoms with Crippen LogP contribution in [0.25, 0.3) is 0 Å². The van der Waals surface area contributed by atoms with E-state index in [1.54, 1.807) is 6.20 Å². The Balaban J connectivity index is 2.00. The zero-order valence-corrected chi connectivity index (χ0v) is 11.2. The van der Waals surface area contributed by atoms with Gasteiger partial charge in [0.1, 0.15) is 0 Å². The van der Waals surface area contributed by atoms with Gasteiger partial charge in [0.15, 0.2) is 0 Å². The molecular formula is C15H16N4O. The first-order valence-electron chi connectivity index (χ1n) is 6.56. The molecule has 1 heterocycles. The SMILES string of the molecule is Cc1ccc(C2C/C(=N/O)c3cnc(N)nc3C2)cc1. The lowest BCUT2D eigenvalue weighted by molar-refractivity contribution is 0.316. The molecule has 0 aliphatic heterocycles. The Kier molecular flexibility index (Phi) is 3.10. The second-order valence-corrected chi connectivity index (χ2v) is 5.15. The molecule has 5 nitrogen and oxygen atoms in total. The molecule has 3 N–H and O–H groups in total. The highest BCUT2D eigenvalue weighted by molar-refractivity contribution is 6.02. The molecule has 1 aromatic carbocycles. The molecule has 0 radical (unpaired) electrons. The van der Waals surface area contributed by atoms with Crippen LogP contribution in [0.4, 0.5) is 5.95 Å². The predicted molar refractivity (Wildman–Crippen MR) is 77.0 cm³/mol. The van der Waals surface area contributed by atoms with E-state index in [-0.39, 0.29) is 11.9 Å². The first-order chi connectivity index (χ1) is 9.67. The Morgan fingerprint density at radius 3 is 2.70 bits per heavy atom. The maximum atomic E-state index is 9.22. The maximum absolute atomic E-state index is 9.22. The van der Waals surface area contributed by atoms with Gasteiger partial charge in [-0.25, -0.2) is 9.97 Å². The van der Waals surface area contributed by atoms with E-state index >= 15 is 0 Å². The summed E-state index contributed by atoms with van der Waals surface area (Å²) in [6, 6.07) is 8.42. The topological polar surface area (TPSA) is 84.4 Å². The highest BCUT2D eigenvalue weighted by Crippen LogP contribution is 2.32. The molecule has 0 saturated carbocycles. The number of nitrogens with zero attached hydrogens (tertiary/aromatic N) is 3. The van der Waals surface area contributed by atoms with Crippen LogP contribution in [0.2, 0.25) is 0 Å². The first kappa shape index (κ1) is 12.6. The highest BCUT2D eigenvalue weighted by Gasteiger charge is 2.26. The number of aryl methyl sites for hydroxylation is 1. The number of hydrogen-bond acceptors (Lipinski definition) is 5. The fraction of sp³-hybridized carbons (Fsp3) is 0.267. The second-order valence-electron chi connectivity index (χ2n) is 5.15. The van der Waals surface area contributed by atoms with Crippen LogP contribution in [-0.2, 0) is 6.42 Å².